The van der Waals surface area contributed by atoms with Gasteiger partial charge in [0, 0.05) is 16.7 Å². The Balaban J connectivity index is 1.73. The zero-order valence-corrected chi connectivity index (χ0v) is 16.1. The van der Waals surface area contributed by atoms with Gasteiger partial charge in [-0.2, -0.15) is 0 Å². The van der Waals surface area contributed by atoms with Crippen LogP contribution in [0.4, 0.5) is 0 Å². The third kappa shape index (κ3) is 3.39. The van der Waals surface area contributed by atoms with Crippen LogP contribution in [0.1, 0.15) is 5.56 Å². The van der Waals surface area contributed by atoms with Gasteiger partial charge in [-0.1, -0.05) is 91.0 Å². The van der Waals surface area contributed by atoms with Gasteiger partial charge in [0.2, 0.25) is 0 Å². The Kier molecular flexibility index (Phi) is 4.34. The summed E-state index contributed by atoms with van der Waals surface area (Å²) in [6.45, 7) is 2.08. The molecule has 29 heavy (non-hydrogen) atoms. The van der Waals surface area contributed by atoms with Gasteiger partial charge in [-0.05, 0) is 29.3 Å². The van der Waals surface area contributed by atoms with Crippen LogP contribution in [0.15, 0.2) is 97.1 Å². The summed E-state index contributed by atoms with van der Waals surface area (Å²) >= 11 is 0. The van der Waals surface area contributed by atoms with Crippen LogP contribution < -0.4 is 0 Å². The van der Waals surface area contributed by atoms with Crippen molar-refractivity contribution in [3.8, 4) is 34.2 Å². The summed E-state index contributed by atoms with van der Waals surface area (Å²) in [4.78, 5) is 14.5. The Labute approximate surface area is 169 Å². The highest BCUT2D eigenvalue weighted by atomic mass is 15.0. The standard InChI is InChI=1S/C26H19N3/c1-18-9-5-8-14-23(18)26-28-24(20-11-3-2-4-12-20)27-25(29-26)22-16-15-19-10-6-7-13-21(19)17-22/h2-17H,1H3. The fourth-order valence-electron chi connectivity index (χ4n) is 3.49. The van der Waals surface area contributed by atoms with Gasteiger partial charge < -0.3 is 0 Å². The highest BCUT2D eigenvalue weighted by molar-refractivity contribution is 5.86. The van der Waals surface area contributed by atoms with Crippen LogP contribution in [0.5, 0.6) is 0 Å². The zero-order chi connectivity index (χ0) is 19.6. The molecule has 0 N–H and O–H groups in total. The third-order valence-corrected chi connectivity index (χ3v) is 5.06. The van der Waals surface area contributed by atoms with Gasteiger partial charge in [0.25, 0.3) is 0 Å². The molecule has 3 heteroatoms. The van der Waals surface area contributed by atoms with E-state index in [0.29, 0.717) is 17.5 Å². The van der Waals surface area contributed by atoms with Crippen molar-refractivity contribution >= 4 is 10.8 Å². The number of hydrogen-bond acceptors (Lipinski definition) is 3. The van der Waals surface area contributed by atoms with Gasteiger partial charge in [0.05, 0.1) is 0 Å². The molecule has 5 aromatic rings. The number of fused-ring (bicyclic) bond motifs is 1. The maximum atomic E-state index is 4.84. The van der Waals surface area contributed by atoms with E-state index in [1.807, 2.05) is 48.5 Å². The van der Waals surface area contributed by atoms with Gasteiger partial charge in [0.1, 0.15) is 0 Å². The summed E-state index contributed by atoms with van der Waals surface area (Å²) in [5.74, 6) is 2.06. The van der Waals surface area contributed by atoms with Crippen molar-refractivity contribution in [3.63, 3.8) is 0 Å². The molecule has 4 aromatic carbocycles. The monoisotopic (exact) mass is 373 g/mol. The summed E-state index contributed by atoms with van der Waals surface area (Å²) in [5, 5.41) is 2.37. The Bertz CT molecular complexity index is 1310. The molecular weight excluding hydrogens is 354 g/mol. The third-order valence-electron chi connectivity index (χ3n) is 5.06. The highest BCUT2D eigenvalue weighted by Crippen LogP contribution is 2.27. The fraction of sp³-hybridized carbons (Fsp3) is 0.0385. The van der Waals surface area contributed by atoms with Gasteiger partial charge in [-0.25, -0.2) is 15.0 Å². The minimum absolute atomic E-state index is 0.682. The topological polar surface area (TPSA) is 38.7 Å². The predicted octanol–water partition coefficient (Wildman–Crippen LogP) is 6.33. The number of rotatable bonds is 3. The van der Waals surface area contributed by atoms with Crippen molar-refractivity contribution in [1.82, 2.24) is 15.0 Å². The molecule has 0 fully saturated rings. The maximum Gasteiger partial charge on any atom is 0.164 e. The van der Waals surface area contributed by atoms with E-state index in [9.17, 15) is 0 Å². The summed E-state index contributed by atoms with van der Waals surface area (Å²) in [6, 6.07) is 32.9. The molecule has 0 unspecified atom stereocenters. The van der Waals surface area contributed by atoms with Crippen LogP contribution in [0, 0.1) is 6.92 Å². The van der Waals surface area contributed by atoms with E-state index in [-0.39, 0.29) is 0 Å². The first-order valence-electron chi connectivity index (χ1n) is 9.65. The lowest BCUT2D eigenvalue weighted by Gasteiger charge is -2.10. The maximum absolute atomic E-state index is 4.84. The highest BCUT2D eigenvalue weighted by Gasteiger charge is 2.13. The molecule has 0 amide bonds. The van der Waals surface area contributed by atoms with E-state index >= 15 is 0 Å². The number of aromatic nitrogens is 3. The number of hydrogen-bond donors (Lipinski definition) is 0. The molecule has 0 aliphatic heterocycles. The van der Waals surface area contributed by atoms with E-state index in [2.05, 4.69) is 55.5 Å². The van der Waals surface area contributed by atoms with Gasteiger partial charge >= 0.3 is 0 Å². The molecule has 1 aromatic heterocycles. The lowest BCUT2D eigenvalue weighted by atomic mass is 10.1. The molecule has 0 aliphatic carbocycles. The Hall–Kier alpha value is -3.85. The summed E-state index contributed by atoms with van der Waals surface area (Å²) in [6.07, 6.45) is 0. The molecule has 0 spiro atoms. The lowest BCUT2D eigenvalue weighted by Crippen LogP contribution is -2.01. The molecule has 1 heterocycles. The second kappa shape index (κ2) is 7.28. The Morgan fingerprint density at radius 3 is 1.90 bits per heavy atom. The zero-order valence-electron chi connectivity index (χ0n) is 16.1. The lowest BCUT2D eigenvalue weighted by molar-refractivity contribution is 1.07. The van der Waals surface area contributed by atoms with Crippen LogP contribution in [-0.4, -0.2) is 15.0 Å². The van der Waals surface area contributed by atoms with Gasteiger partial charge in [-0.15, -0.1) is 0 Å². The smallest absolute Gasteiger partial charge is 0.164 e. The van der Waals surface area contributed by atoms with Crippen molar-refractivity contribution in [3.05, 3.63) is 103 Å². The molecule has 5 rings (SSSR count). The Morgan fingerprint density at radius 2 is 1.10 bits per heavy atom. The SMILES string of the molecule is Cc1ccccc1-c1nc(-c2ccccc2)nc(-c2ccc3ccccc3c2)n1. The molecule has 0 radical (unpaired) electrons. The van der Waals surface area contributed by atoms with Crippen molar-refractivity contribution in [2.75, 3.05) is 0 Å². The average molecular weight is 373 g/mol. The summed E-state index contributed by atoms with van der Waals surface area (Å²) in [5.41, 5.74) is 4.13. The predicted molar refractivity (Wildman–Crippen MR) is 118 cm³/mol. The first-order chi connectivity index (χ1) is 14.3. The molecule has 3 nitrogen and oxygen atoms in total. The number of nitrogens with zero attached hydrogens (tertiary/aromatic N) is 3. The van der Waals surface area contributed by atoms with Crippen LogP contribution in [-0.2, 0) is 0 Å². The van der Waals surface area contributed by atoms with Crippen LogP contribution >= 0.6 is 0 Å². The first kappa shape index (κ1) is 17.3. The fourth-order valence-corrected chi connectivity index (χ4v) is 3.49. The van der Waals surface area contributed by atoms with E-state index < -0.39 is 0 Å². The van der Waals surface area contributed by atoms with E-state index in [1.54, 1.807) is 0 Å². The molecule has 0 saturated heterocycles. The summed E-state index contributed by atoms with van der Waals surface area (Å²) < 4.78 is 0. The second-order valence-corrected chi connectivity index (χ2v) is 7.05. The minimum Gasteiger partial charge on any atom is -0.208 e. The van der Waals surface area contributed by atoms with Gasteiger partial charge in [0.15, 0.2) is 17.5 Å². The number of benzene rings is 4. The Morgan fingerprint density at radius 1 is 0.483 bits per heavy atom. The average Bonchev–Trinajstić information content (AvgIpc) is 2.79. The van der Waals surface area contributed by atoms with Crippen molar-refractivity contribution in [1.29, 1.82) is 0 Å². The van der Waals surface area contributed by atoms with Crippen molar-refractivity contribution in [2.45, 2.75) is 6.92 Å². The molecular formula is C26H19N3. The van der Waals surface area contributed by atoms with Crippen LogP contribution in [0.3, 0.4) is 0 Å². The molecule has 138 valence electrons. The first-order valence-corrected chi connectivity index (χ1v) is 9.65. The summed E-state index contributed by atoms with van der Waals surface area (Å²) in [7, 11) is 0. The molecule has 0 atom stereocenters. The van der Waals surface area contributed by atoms with Gasteiger partial charge in [-0.3, -0.25) is 0 Å². The molecule has 0 saturated carbocycles. The van der Waals surface area contributed by atoms with E-state index in [0.717, 1.165) is 22.3 Å². The largest absolute Gasteiger partial charge is 0.208 e. The van der Waals surface area contributed by atoms with Crippen LogP contribution in [0.25, 0.3) is 44.9 Å². The van der Waals surface area contributed by atoms with E-state index in [1.165, 1.54) is 10.8 Å². The normalized spacial score (nSPS) is 10.9. The van der Waals surface area contributed by atoms with Crippen molar-refractivity contribution < 1.29 is 0 Å². The van der Waals surface area contributed by atoms with E-state index in [4.69, 9.17) is 15.0 Å². The minimum atomic E-state index is 0.682. The quantitative estimate of drug-likeness (QED) is 0.371. The molecule has 0 aliphatic rings. The van der Waals surface area contributed by atoms with Crippen molar-refractivity contribution in [2.24, 2.45) is 0 Å². The second-order valence-electron chi connectivity index (χ2n) is 7.05. The number of aryl methyl sites for hydroxylation is 1. The van der Waals surface area contributed by atoms with Crippen LogP contribution in [0.2, 0.25) is 0 Å². The molecule has 0 bridgehead atoms.